The number of ether oxygens (including phenoxy) is 1. The zero-order valence-electron chi connectivity index (χ0n) is 14.1. The highest BCUT2D eigenvalue weighted by atomic mass is 16.6. The predicted molar refractivity (Wildman–Crippen MR) is 93.2 cm³/mol. The van der Waals surface area contributed by atoms with E-state index < -0.39 is 0 Å². The standard InChI is InChI=1S/C19H20N4O2/c1-12-19(13-6-8-23(12)9-7-13)24-18-5-3-15(11-20-18)14-2-4-16-17(10-14)22-25-21-16/h2-5,10-13,19H,6-9H2,1H3. The first-order chi connectivity index (χ1) is 12.3. The van der Waals surface area contributed by atoms with Crippen molar-refractivity contribution in [2.24, 2.45) is 5.92 Å². The van der Waals surface area contributed by atoms with Gasteiger partial charge in [0, 0.05) is 23.9 Å². The van der Waals surface area contributed by atoms with E-state index in [4.69, 9.17) is 9.37 Å². The maximum atomic E-state index is 6.26. The highest BCUT2D eigenvalue weighted by Gasteiger charge is 2.41. The Morgan fingerprint density at radius 3 is 2.60 bits per heavy atom. The van der Waals surface area contributed by atoms with Crippen LogP contribution in [-0.4, -0.2) is 45.4 Å². The van der Waals surface area contributed by atoms with Crippen LogP contribution < -0.4 is 4.74 Å². The summed E-state index contributed by atoms with van der Waals surface area (Å²) in [5.41, 5.74) is 3.57. The molecule has 5 heterocycles. The van der Waals surface area contributed by atoms with Crippen molar-refractivity contribution >= 4 is 11.0 Å². The zero-order valence-corrected chi connectivity index (χ0v) is 14.1. The van der Waals surface area contributed by atoms with Crippen LogP contribution in [0.1, 0.15) is 19.8 Å². The van der Waals surface area contributed by atoms with Gasteiger partial charge in [0.05, 0.1) is 0 Å². The molecule has 0 amide bonds. The zero-order chi connectivity index (χ0) is 16.8. The van der Waals surface area contributed by atoms with Crippen LogP contribution in [0, 0.1) is 5.92 Å². The molecule has 128 valence electrons. The fourth-order valence-corrected chi connectivity index (χ4v) is 4.17. The van der Waals surface area contributed by atoms with Crippen molar-refractivity contribution in [2.75, 3.05) is 13.1 Å². The molecular weight excluding hydrogens is 316 g/mol. The summed E-state index contributed by atoms with van der Waals surface area (Å²) in [5, 5.41) is 7.73. The predicted octanol–water partition coefficient (Wildman–Crippen LogP) is 3.15. The Hall–Kier alpha value is -2.47. The minimum absolute atomic E-state index is 0.249. The molecule has 3 fully saturated rings. The Labute approximate surface area is 145 Å². The van der Waals surface area contributed by atoms with Crippen molar-refractivity contribution in [1.82, 2.24) is 20.2 Å². The van der Waals surface area contributed by atoms with Gasteiger partial charge in [-0.1, -0.05) is 6.07 Å². The number of nitrogens with zero attached hydrogens (tertiary/aromatic N) is 4. The molecule has 3 aromatic rings. The number of rotatable bonds is 3. The molecule has 2 atom stereocenters. The molecule has 0 radical (unpaired) electrons. The van der Waals surface area contributed by atoms with Crippen LogP contribution in [0.2, 0.25) is 0 Å². The molecule has 0 aliphatic carbocycles. The summed E-state index contributed by atoms with van der Waals surface area (Å²) < 4.78 is 11.0. The molecular formula is C19H20N4O2. The molecule has 1 aromatic carbocycles. The second-order valence-electron chi connectivity index (χ2n) is 7.05. The monoisotopic (exact) mass is 336 g/mol. The van der Waals surface area contributed by atoms with Crippen LogP contribution in [0.25, 0.3) is 22.2 Å². The first-order valence-corrected chi connectivity index (χ1v) is 8.87. The highest BCUT2D eigenvalue weighted by Crippen LogP contribution is 2.34. The molecule has 25 heavy (non-hydrogen) atoms. The van der Waals surface area contributed by atoms with E-state index in [9.17, 15) is 0 Å². The van der Waals surface area contributed by atoms with E-state index in [1.807, 2.05) is 36.5 Å². The van der Waals surface area contributed by atoms with Gasteiger partial charge in [-0.25, -0.2) is 9.61 Å². The molecule has 2 unspecified atom stereocenters. The number of hydrogen-bond acceptors (Lipinski definition) is 6. The second kappa shape index (κ2) is 5.81. The topological polar surface area (TPSA) is 64.3 Å². The maximum Gasteiger partial charge on any atom is 0.213 e. The van der Waals surface area contributed by atoms with Crippen LogP contribution in [0.5, 0.6) is 5.88 Å². The lowest BCUT2D eigenvalue weighted by molar-refractivity contribution is -0.0525. The first kappa shape index (κ1) is 14.8. The fourth-order valence-electron chi connectivity index (χ4n) is 4.17. The molecule has 6 heteroatoms. The summed E-state index contributed by atoms with van der Waals surface area (Å²) in [6.07, 6.45) is 4.58. The van der Waals surface area contributed by atoms with Crippen molar-refractivity contribution in [1.29, 1.82) is 0 Å². The second-order valence-corrected chi connectivity index (χ2v) is 7.05. The first-order valence-electron chi connectivity index (χ1n) is 8.87. The minimum atomic E-state index is 0.249. The molecule has 2 bridgehead atoms. The number of aromatic nitrogens is 3. The lowest BCUT2D eigenvalue weighted by Gasteiger charge is -2.49. The smallest absolute Gasteiger partial charge is 0.213 e. The number of fused-ring (bicyclic) bond motifs is 4. The van der Waals surface area contributed by atoms with E-state index in [1.54, 1.807) is 0 Å². The van der Waals surface area contributed by atoms with E-state index >= 15 is 0 Å². The molecule has 0 saturated carbocycles. The average molecular weight is 336 g/mol. The van der Waals surface area contributed by atoms with Crippen molar-refractivity contribution in [3.8, 4) is 17.0 Å². The lowest BCUT2D eigenvalue weighted by Crippen LogP contribution is -2.58. The highest BCUT2D eigenvalue weighted by molar-refractivity contribution is 5.80. The molecule has 3 saturated heterocycles. The van der Waals surface area contributed by atoms with Crippen LogP contribution in [0.15, 0.2) is 41.2 Å². The largest absolute Gasteiger partial charge is 0.472 e. The Bertz CT molecular complexity index is 882. The SMILES string of the molecule is CC1C(Oc2ccc(-c3ccc4nonc4c3)cn2)C2CCN1CC2. The van der Waals surface area contributed by atoms with Crippen LogP contribution in [0.3, 0.4) is 0 Å². The number of piperidine rings is 3. The Morgan fingerprint density at radius 1 is 1.04 bits per heavy atom. The molecule has 2 aromatic heterocycles. The van der Waals surface area contributed by atoms with E-state index in [1.165, 1.54) is 25.9 Å². The summed E-state index contributed by atoms with van der Waals surface area (Å²) in [5.74, 6) is 1.36. The van der Waals surface area contributed by atoms with Gasteiger partial charge < -0.3 is 4.74 Å². The third kappa shape index (κ3) is 2.57. The molecule has 6 nitrogen and oxygen atoms in total. The number of hydrogen-bond donors (Lipinski definition) is 0. The molecule has 0 N–H and O–H groups in total. The van der Waals surface area contributed by atoms with E-state index in [-0.39, 0.29) is 6.10 Å². The number of benzene rings is 1. The van der Waals surface area contributed by atoms with E-state index in [0.29, 0.717) is 17.8 Å². The van der Waals surface area contributed by atoms with Crippen molar-refractivity contribution in [3.05, 3.63) is 36.5 Å². The molecule has 3 aliphatic rings. The third-order valence-electron chi connectivity index (χ3n) is 5.67. The Balaban J connectivity index is 1.36. The van der Waals surface area contributed by atoms with Crippen molar-refractivity contribution in [3.63, 3.8) is 0 Å². The third-order valence-corrected chi connectivity index (χ3v) is 5.67. The maximum absolute atomic E-state index is 6.26. The van der Waals surface area contributed by atoms with Gasteiger partial charge in [0.2, 0.25) is 5.88 Å². The van der Waals surface area contributed by atoms with Gasteiger partial charge in [-0.3, -0.25) is 4.90 Å². The van der Waals surface area contributed by atoms with Gasteiger partial charge >= 0.3 is 0 Å². The molecule has 6 rings (SSSR count). The average Bonchev–Trinajstić information content (AvgIpc) is 3.13. The summed E-state index contributed by atoms with van der Waals surface area (Å²) in [4.78, 5) is 7.06. The minimum Gasteiger partial charge on any atom is -0.472 e. The Kier molecular flexibility index (Phi) is 3.45. The van der Waals surface area contributed by atoms with Gasteiger partial charge in [0.25, 0.3) is 0 Å². The van der Waals surface area contributed by atoms with E-state index in [0.717, 1.165) is 22.2 Å². The van der Waals surface area contributed by atoms with Crippen LogP contribution in [0.4, 0.5) is 0 Å². The normalized spacial score (nSPS) is 28.4. The van der Waals surface area contributed by atoms with Gasteiger partial charge in [0.15, 0.2) is 0 Å². The number of pyridine rings is 1. The van der Waals surface area contributed by atoms with Crippen molar-refractivity contribution in [2.45, 2.75) is 31.9 Å². The van der Waals surface area contributed by atoms with Crippen molar-refractivity contribution < 1.29 is 9.37 Å². The summed E-state index contributed by atoms with van der Waals surface area (Å²) >= 11 is 0. The van der Waals surface area contributed by atoms with Gasteiger partial charge in [0.1, 0.15) is 17.1 Å². The molecule has 0 spiro atoms. The van der Waals surface area contributed by atoms with Crippen LogP contribution >= 0.6 is 0 Å². The Morgan fingerprint density at radius 2 is 1.84 bits per heavy atom. The van der Waals surface area contributed by atoms with Gasteiger partial charge in [-0.05, 0) is 72.8 Å². The lowest BCUT2D eigenvalue weighted by atomic mass is 9.81. The summed E-state index contributed by atoms with van der Waals surface area (Å²) in [7, 11) is 0. The fraction of sp³-hybridized carbons (Fsp3) is 0.421. The van der Waals surface area contributed by atoms with Gasteiger partial charge in [-0.2, -0.15) is 0 Å². The quantitative estimate of drug-likeness (QED) is 0.732. The summed E-state index contributed by atoms with van der Waals surface area (Å²) in [6.45, 7) is 4.68. The van der Waals surface area contributed by atoms with E-state index in [2.05, 4.69) is 27.1 Å². The van der Waals surface area contributed by atoms with Crippen LogP contribution in [-0.2, 0) is 0 Å². The molecule has 3 aliphatic heterocycles. The van der Waals surface area contributed by atoms with Gasteiger partial charge in [-0.15, -0.1) is 0 Å². The summed E-state index contributed by atoms with van der Waals surface area (Å²) in [6, 6.07) is 10.3.